The highest BCUT2D eigenvalue weighted by molar-refractivity contribution is 6.10. The van der Waals surface area contributed by atoms with Crippen LogP contribution in [0, 0.1) is 6.92 Å². The molecule has 0 radical (unpaired) electrons. The van der Waals surface area contributed by atoms with Gasteiger partial charge in [-0.05, 0) is 50.1 Å². The Morgan fingerprint density at radius 1 is 1.22 bits per heavy atom. The lowest BCUT2D eigenvalue weighted by molar-refractivity contribution is 0.102. The maximum Gasteiger partial charge on any atom is 0.275 e. The van der Waals surface area contributed by atoms with E-state index in [9.17, 15) is 4.79 Å². The molecule has 0 spiro atoms. The number of H-pyrrole nitrogens is 1. The van der Waals surface area contributed by atoms with Crippen LogP contribution in [0.5, 0.6) is 0 Å². The lowest BCUT2D eigenvalue weighted by Crippen LogP contribution is -2.15. The van der Waals surface area contributed by atoms with E-state index in [-0.39, 0.29) is 5.91 Å². The quantitative estimate of drug-likeness (QED) is 0.674. The SMILES string of the molecule is Cc1nc(C(=O)Nc2ccc(CCCN)cc2)c2cc[nH]c2n1. The predicted molar refractivity (Wildman–Crippen MR) is 90.4 cm³/mol. The van der Waals surface area contributed by atoms with Crippen molar-refractivity contribution in [3.05, 3.63) is 53.6 Å². The molecule has 0 fully saturated rings. The topological polar surface area (TPSA) is 96.7 Å². The Bertz CT molecular complexity index is 823. The van der Waals surface area contributed by atoms with E-state index in [1.807, 2.05) is 24.3 Å². The molecule has 0 bridgehead atoms. The minimum Gasteiger partial charge on any atom is -0.346 e. The number of amides is 1. The molecule has 2 heterocycles. The van der Waals surface area contributed by atoms with E-state index in [2.05, 4.69) is 20.3 Å². The lowest BCUT2D eigenvalue weighted by atomic mass is 10.1. The second kappa shape index (κ2) is 6.58. The number of nitrogens with two attached hydrogens (primary N) is 1. The number of nitrogens with zero attached hydrogens (tertiary/aromatic N) is 2. The maximum absolute atomic E-state index is 12.5. The average molecular weight is 309 g/mol. The molecular formula is C17H19N5O. The van der Waals surface area contributed by atoms with Crippen molar-refractivity contribution in [3.63, 3.8) is 0 Å². The van der Waals surface area contributed by atoms with E-state index in [1.165, 1.54) is 5.56 Å². The molecule has 0 aliphatic carbocycles. The largest absolute Gasteiger partial charge is 0.346 e. The fraction of sp³-hybridized carbons (Fsp3) is 0.235. The van der Waals surface area contributed by atoms with E-state index in [4.69, 9.17) is 5.73 Å². The van der Waals surface area contributed by atoms with Gasteiger partial charge in [-0.3, -0.25) is 4.79 Å². The van der Waals surface area contributed by atoms with Crippen LogP contribution < -0.4 is 11.1 Å². The third-order valence-electron chi connectivity index (χ3n) is 3.62. The lowest BCUT2D eigenvalue weighted by Gasteiger charge is -2.07. The highest BCUT2D eigenvalue weighted by Crippen LogP contribution is 2.17. The van der Waals surface area contributed by atoms with Gasteiger partial charge >= 0.3 is 0 Å². The number of nitrogens with one attached hydrogen (secondary N) is 2. The van der Waals surface area contributed by atoms with E-state index in [0.717, 1.165) is 18.5 Å². The first-order chi connectivity index (χ1) is 11.2. The number of benzene rings is 1. The summed E-state index contributed by atoms with van der Waals surface area (Å²) in [4.78, 5) is 24.0. The van der Waals surface area contributed by atoms with Crippen molar-refractivity contribution in [2.75, 3.05) is 11.9 Å². The van der Waals surface area contributed by atoms with Gasteiger partial charge < -0.3 is 16.0 Å². The molecule has 0 saturated heterocycles. The third-order valence-corrected chi connectivity index (χ3v) is 3.62. The Morgan fingerprint density at radius 2 is 2.00 bits per heavy atom. The van der Waals surface area contributed by atoms with Gasteiger partial charge in [-0.2, -0.15) is 0 Å². The highest BCUT2D eigenvalue weighted by atomic mass is 16.1. The van der Waals surface area contributed by atoms with E-state index in [1.54, 1.807) is 19.2 Å². The average Bonchev–Trinajstić information content (AvgIpc) is 3.01. The monoisotopic (exact) mass is 309 g/mol. The number of rotatable bonds is 5. The van der Waals surface area contributed by atoms with Crippen LogP contribution >= 0.6 is 0 Å². The molecule has 2 aromatic heterocycles. The van der Waals surface area contributed by atoms with Crippen LogP contribution in [0.25, 0.3) is 11.0 Å². The molecule has 0 unspecified atom stereocenters. The van der Waals surface area contributed by atoms with E-state index in [0.29, 0.717) is 29.1 Å². The first kappa shape index (κ1) is 15.2. The zero-order valence-corrected chi connectivity index (χ0v) is 13.0. The number of aryl methyl sites for hydroxylation is 2. The number of aromatic nitrogens is 3. The van der Waals surface area contributed by atoms with Crippen LogP contribution in [0.3, 0.4) is 0 Å². The van der Waals surface area contributed by atoms with Crippen molar-refractivity contribution in [3.8, 4) is 0 Å². The summed E-state index contributed by atoms with van der Waals surface area (Å²) in [6.07, 6.45) is 3.65. The molecule has 0 atom stereocenters. The number of carbonyl (C=O) groups excluding carboxylic acids is 1. The van der Waals surface area contributed by atoms with Crippen molar-refractivity contribution in [1.82, 2.24) is 15.0 Å². The minimum absolute atomic E-state index is 0.241. The maximum atomic E-state index is 12.5. The number of hydrogen-bond donors (Lipinski definition) is 3. The molecule has 0 aliphatic heterocycles. The number of aromatic amines is 1. The zero-order valence-electron chi connectivity index (χ0n) is 13.0. The van der Waals surface area contributed by atoms with Gasteiger partial charge in [0.1, 0.15) is 17.2 Å². The second-order valence-electron chi connectivity index (χ2n) is 5.40. The fourth-order valence-corrected chi connectivity index (χ4v) is 2.48. The highest BCUT2D eigenvalue weighted by Gasteiger charge is 2.14. The number of fused-ring (bicyclic) bond motifs is 1. The van der Waals surface area contributed by atoms with Gasteiger partial charge in [-0.15, -0.1) is 0 Å². The molecule has 118 valence electrons. The summed E-state index contributed by atoms with van der Waals surface area (Å²) < 4.78 is 0. The van der Waals surface area contributed by atoms with Crippen molar-refractivity contribution in [2.45, 2.75) is 19.8 Å². The van der Waals surface area contributed by atoms with Crippen LogP contribution in [-0.2, 0) is 6.42 Å². The normalized spacial score (nSPS) is 10.9. The minimum atomic E-state index is -0.241. The first-order valence-electron chi connectivity index (χ1n) is 7.59. The van der Waals surface area contributed by atoms with Crippen LogP contribution in [-0.4, -0.2) is 27.4 Å². The Hall–Kier alpha value is -2.73. The smallest absolute Gasteiger partial charge is 0.275 e. The number of carbonyl (C=O) groups is 1. The van der Waals surface area contributed by atoms with Crippen LogP contribution in [0.15, 0.2) is 36.5 Å². The van der Waals surface area contributed by atoms with Gasteiger partial charge in [0.15, 0.2) is 0 Å². The van der Waals surface area contributed by atoms with Gasteiger partial charge in [-0.1, -0.05) is 12.1 Å². The summed E-state index contributed by atoms with van der Waals surface area (Å²) >= 11 is 0. The summed E-state index contributed by atoms with van der Waals surface area (Å²) in [6, 6.07) is 9.60. The molecule has 4 N–H and O–H groups in total. The summed E-state index contributed by atoms with van der Waals surface area (Å²) in [5.41, 5.74) is 8.51. The molecule has 6 heteroatoms. The van der Waals surface area contributed by atoms with Crippen LogP contribution in [0.4, 0.5) is 5.69 Å². The molecule has 6 nitrogen and oxygen atoms in total. The molecule has 1 aromatic carbocycles. The Morgan fingerprint density at radius 3 is 2.74 bits per heavy atom. The van der Waals surface area contributed by atoms with Gasteiger partial charge in [0.25, 0.3) is 5.91 Å². The Balaban J connectivity index is 1.79. The Labute approximate surface area is 134 Å². The molecular weight excluding hydrogens is 290 g/mol. The number of anilines is 1. The second-order valence-corrected chi connectivity index (χ2v) is 5.40. The van der Waals surface area contributed by atoms with Crippen molar-refractivity contribution in [1.29, 1.82) is 0 Å². The summed E-state index contributed by atoms with van der Waals surface area (Å²) in [6.45, 7) is 2.45. The molecule has 23 heavy (non-hydrogen) atoms. The fourth-order valence-electron chi connectivity index (χ4n) is 2.48. The molecule has 0 saturated carbocycles. The van der Waals surface area contributed by atoms with Gasteiger partial charge in [-0.25, -0.2) is 9.97 Å². The van der Waals surface area contributed by atoms with Crippen LogP contribution in [0.1, 0.15) is 28.3 Å². The summed E-state index contributed by atoms with van der Waals surface area (Å²) in [7, 11) is 0. The zero-order chi connectivity index (χ0) is 16.2. The van der Waals surface area contributed by atoms with Gasteiger partial charge in [0.2, 0.25) is 0 Å². The van der Waals surface area contributed by atoms with E-state index < -0.39 is 0 Å². The van der Waals surface area contributed by atoms with Crippen LogP contribution in [0.2, 0.25) is 0 Å². The molecule has 3 rings (SSSR count). The van der Waals surface area contributed by atoms with Crippen molar-refractivity contribution in [2.24, 2.45) is 5.73 Å². The van der Waals surface area contributed by atoms with Crippen molar-refractivity contribution >= 4 is 22.6 Å². The molecule has 1 amide bonds. The third kappa shape index (κ3) is 3.37. The molecule has 3 aromatic rings. The predicted octanol–water partition coefficient (Wildman–Crippen LogP) is 2.41. The van der Waals surface area contributed by atoms with E-state index >= 15 is 0 Å². The van der Waals surface area contributed by atoms with Gasteiger partial charge in [0, 0.05) is 11.9 Å². The summed E-state index contributed by atoms with van der Waals surface area (Å²) in [5, 5.41) is 3.60. The number of hydrogen-bond acceptors (Lipinski definition) is 4. The standard InChI is InChI=1S/C17H19N5O/c1-11-20-15(14-8-10-19-16(14)21-11)17(23)22-13-6-4-12(5-7-13)3-2-9-18/h4-8,10H,2-3,9,18H2,1H3,(H,22,23)(H,19,20,21). The van der Waals surface area contributed by atoms with Gasteiger partial charge in [0.05, 0.1) is 5.39 Å². The molecule has 0 aliphatic rings. The Kier molecular flexibility index (Phi) is 4.34. The first-order valence-corrected chi connectivity index (χ1v) is 7.59. The van der Waals surface area contributed by atoms with Crippen molar-refractivity contribution < 1.29 is 4.79 Å². The summed E-state index contributed by atoms with van der Waals surface area (Å²) in [5.74, 6) is 0.317.